The van der Waals surface area contributed by atoms with Crippen LogP contribution in [0.15, 0.2) is 157 Å². The normalized spacial score (nSPS) is 12.6. The van der Waals surface area contributed by atoms with Crippen molar-refractivity contribution >= 4 is 106 Å². The molecule has 1 unspecified atom stereocenters. The number of aryl methyl sites for hydroxylation is 3. The number of aliphatic carboxylic acids is 1. The second-order valence-corrected chi connectivity index (χ2v) is 34.1. The number of Topliss-reactive ketones (excluding diaryl/α,β-unsaturated/α-hetero) is 2. The second kappa shape index (κ2) is 58.6. The van der Waals surface area contributed by atoms with E-state index in [-0.39, 0.29) is 127 Å². The Morgan fingerprint density at radius 3 is 1.11 bits per heavy atom. The second-order valence-electron chi connectivity index (χ2n) is 33.1. The number of esters is 4. The fourth-order valence-corrected chi connectivity index (χ4v) is 16.6. The number of carbonyl (C=O) groups is 7. The van der Waals surface area contributed by atoms with E-state index in [0.29, 0.717) is 81.6 Å². The molecule has 0 saturated carbocycles. The fraction of sp³-hybridized carbons (Fsp3) is 0.387. The maximum absolute atomic E-state index is 13.0. The van der Waals surface area contributed by atoms with Crippen molar-refractivity contribution in [3.63, 3.8) is 0 Å². The molecule has 3 fully saturated rings. The van der Waals surface area contributed by atoms with Crippen LogP contribution in [0.4, 0.5) is 0 Å². The van der Waals surface area contributed by atoms with E-state index in [4.69, 9.17) is 76.8 Å². The third kappa shape index (κ3) is 33.0. The summed E-state index contributed by atoms with van der Waals surface area (Å²) in [5, 5.41) is 28.4. The van der Waals surface area contributed by atoms with E-state index < -0.39 is 25.0 Å². The van der Waals surface area contributed by atoms with Crippen LogP contribution in [0.25, 0.3) is 61.1 Å². The number of ether oxygens (including phenoxy) is 12. The average molecular weight is 2010 g/mol. The third-order valence-electron chi connectivity index (χ3n) is 22.4. The molecule has 0 bridgehead atoms. The number of methoxy groups -OCH3 is 5. The zero-order chi connectivity index (χ0) is 98.9. The first-order chi connectivity index (χ1) is 64.3. The summed E-state index contributed by atoms with van der Waals surface area (Å²) >= 11 is 3.38. The Morgan fingerprint density at radius 1 is 0.447 bits per heavy atom. The summed E-state index contributed by atoms with van der Waals surface area (Å²) in [5.41, 5.74) is 22.3. The number of hydrogen-bond acceptors (Lipinski definition) is 25. The molecule has 8 aromatic heterocycles. The summed E-state index contributed by atoms with van der Waals surface area (Å²) in [6.07, 6.45) is 7.64. The molecule has 0 spiro atoms. The number of ketones is 2. The number of nitrogens with one attached hydrogen (secondary N) is 1. The molecule has 3 saturated heterocycles. The number of rotatable bonds is 23. The number of pyridine rings is 4. The van der Waals surface area contributed by atoms with Gasteiger partial charge >= 0.3 is 79.4 Å². The van der Waals surface area contributed by atoms with Gasteiger partial charge in [-0.3, -0.25) is 19.3 Å². The van der Waals surface area contributed by atoms with Crippen LogP contribution in [0.3, 0.4) is 0 Å². The van der Waals surface area contributed by atoms with Gasteiger partial charge in [-0.15, -0.1) is 0 Å². The predicted octanol–water partition coefficient (Wildman–Crippen LogP) is 12.2. The zero-order valence-corrected chi connectivity index (χ0v) is 88.0. The van der Waals surface area contributed by atoms with Crippen LogP contribution in [0.2, 0.25) is 0 Å². The van der Waals surface area contributed by atoms with Gasteiger partial charge in [-0.2, -0.15) is 0 Å². The van der Waals surface area contributed by atoms with Crippen molar-refractivity contribution < 1.29 is 161 Å². The van der Waals surface area contributed by atoms with Gasteiger partial charge in [0, 0.05) is 154 Å². The third-order valence-corrected chi connectivity index (χ3v) is 22.8. The molecule has 4 aromatic carbocycles. The quantitative estimate of drug-likeness (QED) is 0.0200. The minimum atomic E-state index is -1.51. The van der Waals surface area contributed by atoms with Crippen molar-refractivity contribution in [3.05, 3.63) is 241 Å². The molecular weight excluding hydrogens is 1870 g/mol. The summed E-state index contributed by atoms with van der Waals surface area (Å²) in [7, 11) is 6.49. The van der Waals surface area contributed by atoms with Gasteiger partial charge in [0.2, 0.25) is 0 Å². The molecule has 141 heavy (non-hydrogen) atoms. The molecule has 15 rings (SSSR count). The Kier molecular flexibility index (Phi) is 51.6. The van der Waals surface area contributed by atoms with E-state index >= 15 is 0 Å². The van der Waals surface area contributed by atoms with Crippen LogP contribution in [-0.4, -0.2) is 245 Å². The Bertz CT molecular complexity index is 6220. The first-order valence-corrected chi connectivity index (χ1v) is 45.5. The van der Waals surface area contributed by atoms with Crippen LogP contribution in [0, 0.1) is 48.5 Å². The molecule has 5 N–H and O–H groups in total. The fourth-order valence-electron chi connectivity index (χ4n) is 16.1. The van der Waals surface area contributed by atoms with Crippen molar-refractivity contribution in [2.45, 2.75) is 151 Å². The average Bonchev–Trinajstić information content (AvgIpc) is 1.59. The number of fused-ring (bicyclic) bond motifs is 4. The minimum Gasteiger partial charge on any atom is -1.00 e. The van der Waals surface area contributed by atoms with Gasteiger partial charge in [0.1, 0.15) is 28.7 Å². The van der Waals surface area contributed by atoms with Gasteiger partial charge in [-0.25, -0.2) is 19.2 Å². The van der Waals surface area contributed by atoms with Crippen molar-refractivity contribution in [2.24, 2.45) is 0 Å². The SMILES string of the molecule is C.C.C1COCCN1.C=C(c1c(C)c(C(=O)OC(C)C)cc2cc(-c3cc(C)cc(OC)c3)cn12)N1CCOCC1.CC(=O)O.CCOC(=O)c1cc2cc(-c3cc(C)cc(OC)c3)cn2c(C(C)=O)c1C.CCOC(=O)c1cc2cc(Br)cn2c(C(C)=O)c1C.COc1cc(C)cc(-c2cc3cc(C(=O)OC(C)C)c(C)c(C(C)N4CCOCC4)n3c2)c1.COc1cc(OC)cc(B(O)O)c1.[B].[H-].[Li+].[Na+].[OH-]. The molecule has 12 aromatic rings. The van der Waals surface area contributed by atoms with E-state index in [1.807, 2.05) is 126 Å². The standard InChI is InChI=1S/C27H34N2O4.C27H32N2O4.C22H23NO4.C14H14BrNO3.C8H11BO4.C4H9NO.C2H4O2.2CH4.B.Li.Na.H2O.H/c2*1-17(2)33-27(30)25-15-23-13-22(21-11-18(3)12-24(14-21)31-6)16-29(23)26(19(25)4)20(5)28-7-9-32-10-8-28;1-6-27-22(25)20-11-18-9-17(12-23(18)21(14(20)3)15(4)24)16-7-13(2)8-19(10-16)26-5;1-4-19-14(18)12-6-11-5-10(15)7-16(11)13(8(12)2)9(3)17;1-12-7-3-6(9(10)11)4-8(5-7)13-2;1-3-6-4-2-5-1;1-2(3)4;;;;;;;/h11-17,20H,7-10H2,1-6H3;11-17H,5,7-10H2,1-4,6H3;7-12H,6H2,1-5H3;5-7H,4H2,1-3H3;3-5,10-11H,1-2H3;5H,1-4H2;1H3,(H,3,4);2*1H4;;;;1H2;/q;;;;;;;;;;2*+1;;-1/p-1. The molecular formula is C106H137B2BrLiN7NaO23. The molecule has 3 aliphatic rings. The van der Waals surface area contributed by atoms with E-state index in [0.717, 1.165) is 195 Å². The first kappa shape index (κ1) is 124. The van der Waals surface area contributed by atoms with Crippen LogP contribution in [-0.2, 0) is 38.0 Å². The maximum atomic E-state index is 13.0. The number of morpholine rings is 3. The predicted molar refractivity (Wildman–Crippen MR) is 550 cm³/mol. The monoisotopic (exact) mass is 2010 g/mol. The van der Waals surface area contributed by atoms with Crippen LogP contribution < -0.4 is 82.9 Å². The molecule has 0 aliphatic carbocycles. The number of aromatic nitrogens is 4. The summed E-state index contributed by atoms with van der Waals surface area (Å²) in [5.74, 6) is 1.04. The number of nitrogens with zero attached hydrogens (tertiary/aromatic N) is 6. The molecule has 11 heterocycles. The van der Waals surface area contributed by atoms with Crippen LogP contribution in [0.1, 0.15) is 204 Å². The summed E-state index contributed by atoms with van der Waals surface area (Å²) in [6, 6.07) is 38.6. The van der Waals surface area contributed by atoms with Crippen LogP contribution in [0.5, 0.6) is 28.7 Å². The van der Waals surface area contributed by atoms with Gasteiger partial charge < -0.3 is 107 Å². The molecule has 3 aliphatic heterocycles. The number of carboxylic acids is 1. The van der Waals surface area contributed by atoms with Crippen molar-refractivity contribution in [3.8, 4) is 62.1 Å². The summed E-state index contributed by atoms with van der Waals surface area (Å²) < 4.78 is 72.5. The van der Waals surface area contributed by atoms with E-state index in [1.165, 1.54) is 40.2 Å². The van der Waals surface area contributed by atoms with E-state index in [1.54, 1.807) is 71.6 Å². The molecule has 1 atom stereocenters. The molecule has 0 amide bonds. The largest absolute Gasteiger partial charge is 1.00 e. The molecule has 3 radical (unpaired) electrons. The number of benzene rings is 4. The Balaban J connectivity index is 0.000000592. The molecule has 35 heteroatoms. The van der Waals surface area contributed by atoms with Gasteiger partial charge in [0.05, 0.1) is 146 Å². The Morgan fingerprint density at radius 2 is 0.766 bits per heavy atom. The first-order valence-electron chi connectivity index (χ1n) is 44.7. The zero-order valence-electron chi connectivity index (χ0n) is 85.5. The molecule has 30 nitrogen and oxygen atoms in total. The van der Waals surface area contributed by atoms with Crippen molar-refractivity contribution in [2.75, 3.05) is 128 Å². The Labute approximate surface area is 875 Å². The number of hydrogen-bond donors (Lipinski definition) is 4. The number of carbonyl (C=O) groups excluding carboxylic acids is 6. The Hall–Kier alpha value is -11.0. The van der Waals surface area contributed by atoms with Gasteiger partial charge in [0.15, 0.2) is 11.6 Å². The minimum absolute atomic E-state index is 0. The smallest absolute Gasteiger partial charge is 1.00 e. The van der Waals surface area contributed by atoms with E-state index in [9.17, 15) is 28.8 Å². The van der Waals surface area contributed by atoms with Crippen LogP contribution >= 0.6 is 15.9 Å². The van der Waals surface area contributed by atoms with Gasteiger partial charge in [-0.05, 0) is 271 Å². The topological polar surface area (TPSA) is 357 Å². The van der Waals surface area contributed by atoms with Gasteiger partial charge in [-0.1, -0.05) is 39.6 Å². The van der Waals surface area contributed by atoms with Gasteiger partial charge in [0.25, 0.3) is 5.97 Å². The maximum Gasteiger partial charge on any atom is 1.00 e. The number of carboxylic acid groups (broad SMARTS) is 1. The van der Waals surface area contributed by atoms with E-state index in [2.05, 4.69) is 110 Å². The van der Waals surface area contributed by atoms with Crippen molar-refractivity contribution in [1.29, 1.82) is 0 Å². The summed E-state index contributed by atoms with van der Waals surface area (Å²) in [6.45, 7) is 45.8. The molecule has 749 valence electrons. The summed E-state index contributed by atoms with van der Waals surface area (Å²) in [4.78, 5) is 88.0. The number of halogens is 1. The van der Waals surface area contributed by atoms with Crippen molar-refractivity contribution in [1.82, 2.24) is 32.7 Å².